The third-order valence-corrected chi connectivity index (χ3v) is 3.79. The Morgan fingerprint density at radius 3 is 1.82 bits per heavy atom. The summed E-state index contributed by atoms with van der Waals surface area (Å²) in [4.78, 5) is 0. The first kappa shape index (κ1) is 21.9. The van der Waals surface area contributed by atoms with Gasteiger partial charge in [-0.15, -0.1) is 0 Å². The minimum atomic E-state index is -5.09. The van der Waals surface area contributed by atoms with E-state index in [0.717, 1.165) is 6.07 Å². The Morgan fingerprint density at radius 1 is 0.821 bits per heavy atom. The monoisotopic (exact) mass is 414 g/mol. The average molecular weight is 414 g/mol. The van der Waals surface area contributed by atoms with Crippen LogP contribution in [0.1, 0.15) is 29.5 Å². The molecule has 0 aromatic heterocycles. The molecule has 154 valence electrons. The van der Waals surface area contributed by atoms with Gasteiger partial charge in [0.15, 0.2) is 11.6 Å². The molecule has 0 fully saturated rings. The number of hydrogen-bond donors (Lipinski definition) is 0. The fourth-order valence-electron chi connectivity index (χ4n) is 2.45. The third kappa shape index (κ3) is 5.12. The molecule has 0 amide bonds. The highest BCUT2D eigenvalue weighted by Gasteiger charge is 2.37. The highest BCUT2D eigenvalue weighted by Crippen LogP contribution is 2.39. The van der Waals surface area contributed by atoms with Crippen molar-refractivity contribution >= 4 is 0 Å². The Morgan fingerprint density at radius 2 is 1.36 bits per heavy atom. The summed E-state index contributed by atoms with van der Waals surface area (Å²) in [5, 5.41) is 0. The van der Waals surface area contributed by atoms with E-state index in [0.29, 0.717) is 6.07 Å². The van der Waals surface area contributed by atoms with Gasteiger partial charge in [0.1, 0.15) is 11.6 Å². The Labute approximate surface area is 154 Å². The van der Waals surface area contributed by atoms with Gasteiger partial charge >= 0.3 is 12.4 Å². The molecule has 0 saturated heterocycles. The summed E-state index contributed by atoms with van der Waals surface area (Å²) in [5.41, 5.74) is -3.35. The van der Waals surface area contributed by atoms with Crippen LogP contribution in [0.2, 0.25) is 0 Å². The third-order valence-electron chi connectivity index (χ3n) is 3.79. The van der Waals surface area contributed by atoms with Crippen molar-refractivity contribution < 1.29 is 44.6 Å². The summed E-state index contributed by atoms with van der Waals surface area (Å²) in [6, 6.07) is 1.76. The predicted octanol–water partition coefficient (Wildman–Crippen LogP) is 6.54. The molecular formula is C18H14F8O2. The molecule has 0 aliphatic rings. The topological polar surface area (TPSA) is 18.5 Å². The summed E-state index contributed by atoms with van der Waals surface area (Å²) < 4.78 is 115. The molecule has 0 radical (unpaired) electrons. The van der Waals surface area contributed by atoms with Crippen molar-refractivity contribution in [2.75, 3.05) is 13.7 Å². The molecule has 1 atom stereocenters. The predicted molar refractivity (Wildman–Crippen MR) is 83.2 cm³/mol. The lowest BCUT2D eigenvalue weighted by Gasteiger charge is -2.16. The van der Waals surface area contributed by atoms with Gasteiger partial charge in [0.2, 0.25) is 0 Å². The largest absolute Gasteiger partial charge is 0.454 e. The van der Waals surface area contributed by atoms with E-state index in [9.17, 15) is 35.1 Å². The normalized spacial score (nSPS) is 13.5. The van der Waals surface area contributed by atoms with Crippen molar-refractivity contribution in [1.82, 2.24) is 0 Å². The van der Waals surface area contributed by atoms with Crippen molar-refractivity contribution in [1.29, 1.82) is 0 Å². The molecule has 0 aliphatic heterocycles. The van der Waals surface area contributed by atoms with Gasteiger partial charge < -0.3 is 9.47 Å². The van der Waals surface area contributed by atoms with E-state index < -0.39 is 52.5 Å². The molecule has 2 nitrogen and oxygen atoms in total. The SMILES string of the molecule is COCC(C)c1cc(F)c(Oc2cc(C(F)(F)F)cc(C(F)(F)F)c2)cc1F. The van der Waals surface area contributed by atoms with E-state index in [4.69, 9.17) is 9.47 Å². The van der Waals surface area contributed by atoms with Crippen LogP contribution in [0.15, 0.2) is 30.3 Å². The lowest BCUT2D eigenvalue weighted by Crippen LogP contribution is -2.11. The molecule has 2 aromatic rings. The number of rotatable bonds is 5. The molecule has 10 heteroatoms. The molecule has 0 spiro atoms. The van der Waals surface area contributed by atoms with E-state index in [2.05, 4.69) is 0 Å². The maximum atomic E-state index is 14.2. The van der Waals surface area contributed by atoms with Crippen LogP contribution in [-0.4, -0.2) is 13.7 Å². The van der Waals surface area contributed by atoms with Crippen molar-refractivity contribution in [3.8, 4) is 11.5 Å². The van der Waals surface area contributed by atoms with E-state index in [1.54, 1.807) is 6.92 Å². The number of methoxy groups -OCH3 is 1. The average Bonchev–Trinajstić information content (AvgIpc) is 2.56. The summed E-state index contributed by atoms with van der Waals surface area (Å²) in [7, 11) is 1.36. The molecule has 2 rings (SSSR count). The van der Waals surface area contributed by atoms with Gasteiger partial charge in [0.25, 0.3) is 0 Å². The minimum absolute atomic E-state index is 0.0686. The van der Waals surface area contributed by atoms with Gasteiger partial charge in [-0.2, -0.15) is 26.3 Å². The molecule has 1 unspecified atom stereocenters. The lowest BCUT2D eigenvalue weighted by molar-refractivity contribution is -0.143. The highest BCUT2D eigenvalue weighted by molar-refractivity contribution is 5.41. The number of halogens is 8. The van der Waals surface area contributed by atoms with Crippen LogP contribution in [0.3, 0.4) is 0 Å². The first-order valence-electron chi connectivity index (χ1n) is 7.78. The minimum Gasteiger partial charge on any atom is -0.454 e. The number of hydrogen-bond acceptors (Lipinski definition) is 2. The zero-order chi connectivity index (χ0) is 21.3. The lowest BCUT2D eigenvalue weighted by atomic mass is 10.0. The quantitative estimate of drug-likeness (QED) is 0.517. The van der Waals surface area contributed by atoms with E-state index >= 15 is 0 Å². The maximum Gasteiger partial charge on any atom is 0.416 e. The molecule has 28 heavy (non-hydrogen) atoms. The van der Waals surface area contributed by atoms with Gasteiger partial charge in [0, 0.05) is 19.1 Å². The fourth-order valence-corrected chi connectivity index (χ4v) is 2.45. The van der Waals surface area contributed by atoms with Crippen molar-refractivity contribution in [3.63, 3.8) is 0 Å². The highest BCUT2D eigenvalue weighted by atomic mass is 19.4. The molecular weight excluding hydrogens is 400 g/mol. The second-order valence-electron chi connectivity index (χ2n) is 6.00. The first-order chi connectivity index (χ1) is 12.8. The van der Waals surface area contributed by atoms with Gasteiger partial charge in [-0.3, -0.25) is 0 Å². The van der Waals surface area contributed by atoms with Gasteiger partial charge in [-0.1, -0.05) is 6.92 Å². The Bertz CT molecular complexity index is 810. The Hall–Kier alpha value is -2.36. The van der Waals surface area contributed by atoms with Crippen molar-refractivity contribution in [2.24, 2.45) is 0 Å². The van der Waals surface area contributed by atoms with Gasteiger partial charge in [-0.05, 0) is 29.8 Å². The number of ether oxygens (including phenoxy) is 2. The van der Waals surface area contributed by atoms with Crippen molar-refractivity contribution in [3.05, 3.63) is 58.7 Å². The molecule has 0 bridgehead atoms. The summed E-state index contributed by atoms with van der Waals surface area (Å²) in [6.45, 7) is 1.61. The van der Waals surface area contributed by atoms with Crippen LogP contribution in [-0.2, 0) is 17.1 Å². The Balaban J connectivity index is 2.46. The van der Waals surface area contributed by atoms with E-state index in [-0.39, 0.29) is 30.4 Å². The molecule has 0 N–H and O–H groups in total. The molecule has 0 saturated carbocycles. The van der Waals surface area contributed by atoms with Crippen LogP contribution in [0.4, 0.5) is 35.1 Å². The van der Waals surface area contributed by atoms with Crippen molar-refractivity contribution in [2.45, 2.75) is 25.2 Å². The van der Waals surface area contributed by atoms with Crippen LogP contribution in [0.25, 0.3) is 0 Å². The fraction of sp³-hybridized carbons (Fsp3) is 0.333. The Kier molecular flexibility index (Phi) is 6.22. The van der Waals surface area contributed by atoms with E-state index in [1.165, 1.54) is 7.11 Å². The molecule has 0 heterocycles. The van der Waals surface area contributed by atoms with Gasteiger partial charge in [0.05, 0.1) is 17.7 Å². The summed E-state index contributed by atoms with van der Waals surface area (Å²) in [6.07, 6.45) is -10.2. The second-order valence-corrected chi connectivity index (χ2v) is 6.00. The smallest absolute Gasteiger partial charge is 0.416 e. The van der Waals surface area contributed by atoms with Crippen LogP contribution in [0.5, 0.6) is 11.5 Å². The number of alkyl halides is 6. The van der Waals surface area contributed by atoms with E-state index in [1.807, 2.05) is 0 Å². The summed E-state index contributed by atoms with van der Waals surface area (Å²) in [5.74, 6) is -4.41. The second kappa shape index (κ2) is 7.94. The molecule has 2 aromatic carbocycles. The maximum absolute atomic E-state index is 14.2. The van der Waals surface area contributed by atoms with Gasteiger partial charge in [-0.25, -0.2) is 8.78 Å². The van der Waals surface area contributed by atoms with Crippen LogP contribution < -0.4 is 4.74 Å². The van der Waals surface area contributed by atoms with Crippen LogP contribution >= 0.6 is 0 Å². The zero-order valence-corrected chi connectivity index (χ0v) is 14.5. The van der Waals surface area contributed by atoms with Crippen LogP contribution in [0, 0.1) is 11.6 Å². The molecule has 0 aliphatic carbocycles. The first-order valence-corrected chi connectivity index (χ1v) is 7.78. The standard InChI is InChI=1S/C18H14F8O2/c1-9(8-27-2)13-6-15(20)16(7-14(13)19)28-12-4-10(17(21,22)23)3-11(5-12)18(24,25)26/h3-7,9H,8H2,1-2H3. The summed E-state index contributed by atoms with van der Waals surface area (Å²) >= 11 is 0. The zero-order valence-electron chi connectivity index (χ0n) is 14.5. The number of benzene rings is 2.